The Morgan fingerprint density at radius 1 is 1.48 bits per heavy atom. The van der Waals surface area contributed by atoms with Gasteiger partial charge in [0.15, 0.2) is 0 Å². The van der Waals surface area contributed by atoms with Gasteiger partial charge in [0.1, 0.15) is 0 Å². The van der Waals surface area contributed by atoms with Crippen molar-refractivity contribution in [3.05, 3.63) is 34.3 Å². The summed E-state index contributed by atoms with van der Waals surface area (Å²) < 4.78 is 6.02. The SMILES string of the molecule is O=C(NCC(=O)N1CCOCC1CO)c1cccc(Br)c1. The maximum Gasteiger partial charge on any atom is 0.251 e. The Hall–Kier alpha value is -1.44. The summed E-state index contributed by atoms with van der Waals surface area (Å²) in [5, 5.41) is 11.8. The van der Waals surface area contributed by atoms with Crippen molar-refractivity contribution >= 4 is 27.7 Å². The van der Waals surface area contributed by atoms with Crippen LogP contribution >= 0.6 is 15.9 Å². The molecule has 114 valence electrons. The molecule has 0 aromatic heterocycles. The molecule has 1 atom stereocenters. The van der Waals surface area contributed by atoms with Crippen LogP contribution in [0.3, 0.4) is 0 Å². The normalized spacial score (nSPS) is 18.4. The van der Waals surface area contributed by atoms with Crippen LogP contribution in [0.25, 0.3) is 0 Å². The number of morpholine rings is 1. The first kappa shape index (κ1) is 15.9. The number of hydrogen-bond acceptors (Lipinski definition) is 4. The molecule has 1 unspecified atom stereocenters. The van der Waals surface area contributed by atoms with Gasteiger partial charge in [0.2, 0.25) is 5.91 Å². The Balaban J connectivity index is 1.90. The molecule has 1 aromatic rings. The topological polar surface area (TPSA) is 78.9 Å². The van der Waals surface area contributed by atoms with Crippen LogP contribution in [0.15, 0.2) is 28.7 Å². The molecule has 2 rings (SSSR count). The summed E-state index contributed by atoms with van der Waals surface area (Å²) in [5.74, 6) is -0.529. The smallest absolute Gasteiger partial charge is 0.251 e. The molecular formula is C14H17BrN2O4. The molecule has 0 bridgehead atoms. The number of aliphatic hydroxyl groups is 1. The highest BCUT2D eigenvalue weighted by molar-refractivity contribution is 9.10. The molecule has 1 aliphatic heterocycles. The summed E-state index contributed by atoms with van der Waals surface area (Å²) in [6, 6.07) is 6.60. The van der Waals surface area contributed by atoms with Crippen LogP contribution in [0, 0.1) is 0 Å². The molecule has 2 amide bonds. The van der Waals surface area contributed by atoms with Crippen molar-refractivity contribution in [1.82, 2.24) is 10.2 Å². The fraction of sp³-hybridized carbons (Fsp3) is 0.429. The lowest BCUT2D eigenvalue weighted by atomic mass is 10.2. The second-order valence-electron chi connectivity index (χ2n) is 4.69. The number of aliphatic hydroxyl groups excluding tert-OH is 1. The first-order valence-electron chi connectivity index (χ1n) is 6.63. The lowest BCUT2D eigenvalue weighted by molar-refractivity contribution is -0.140. The molecule has 0 radical (unpaired) electrons. The third-order valence-corrected chi connectivity index (χ3v) is 3.74. The van der Waals surface area contributed by atoms with E-state index in [-0.39, 0.29) is 31.0 Å². The van der Waals surface area contributed by atoms with Crippen LogP contribution in [0.5, 0.6) is 0 Å². The first-order valence-corrected chi connectivity index (χ1v) is 7.43. The van der Waals surface area contributed by atoms with Gasteiger partial charge in [0.05, 0.1) is 32.4 Å². The second-order valence-corrected chi connectivity index (χ2v) is 5.61. The van der Waals surface area contributed by atoms with E-state index in [2.05, 4.69) is 21.2 Å². The third kappa shape index (κ3) is 4.26. The largest absolute Gasteiger partial charge is 0.394 e. The van der Waals surface area contributed by atoms with Gasteiger partial charge in [0.25, 0.3) is 5.91 Å². The zero-order valence-corrected chi connectivity index (χ0v) is 13.0. The van der Waals surface area contributed by atoms with E-state index in [1.165, 1.54) is 0 Å². The molecule has 6 nitrogen and oxygen atoms in total. The Morgan fingerprint density at radius 2 is 2.29 bits per heavy atom. The number of carbonyl (C=O) groups is 2. The minimum absolute atomic E-state index is 0.0954. The highest BCUT2D eigenvalue weighted by atomic mass is 79.9. The fourth-order valence-electron chi connectivity index (χ4n) is 2.12. The minimum atomic E-state index is -0.339. The number of carbonyl (C=O) groups excluding carboxylic acids is 2. The van der Waals surface area contributed by atoms with Crippen molar-refractivity contribution in [3.63, 3.8) is 0 Å². The van der Waals surface area contributed by atoms with Crippen LogP contribution in [0.4, 0.5) is 0 Å². The highest BCUT2D eigenvalue weighted by Crippen LogP contribution is 2.11. The van der Waals surface area contributed by atoms with Crippen molar-refractivity contribution < 1.29 is 19.4 Å². The van der Waals surface area contributed by atoms with Gasteiger partial charge in [-0.2, -0.15) is 0 Å². The number of nitrogens with one attached hydrogen (secondary N) is 1. The fourth-order valence-corrected chi connectivity index (χ4v) is 2.52. The van der Waals surface area contributed by atoms with E-state index in [4.69, 9.17) is 4.74 Å². The Labute approximate surface area is 131 Å². The van der Waals surface area contributed by atoms with Gasteiger partial charge >= 0.3 is 0 Å². The number of hydrogen-bond donors (Lipinski definition) is 2. The van der Waals surface area contributed by atoms with Crippen LogP contribution in [0.1, 0.15) is 10.4 Å². The van der Waals surface area contributed by atoms with Crippen molar-refractivity contribution in [2.24, 2.45) is 0 Å². The monoisotopic (exact) mass is 356 g/mol. The Bertz CT molecular complexity index is 523. The number of halogens is 1. The van der Waals surface area contributed by atoms with Crippen molar-refractivity contribution in [1.29, 1.82) is 0 Å². The number of amides is 2. The maximum absolute atomic E-state index is 12.1. The molecule has 0 aliphatic carbocycles. The summed E-state index contributed by atoms with van der Waals surface area (Å²) in [4.78, 5) is 25.6. The van der Waals surface area contributed by atoms with Crippen molar-refractivity contribution in [2.45, 2.75) is 6.04 Å². The van der Waals surface area contributed by atoms with Crippen LogP contribution < -0.4 is 5.32 Å². The third-order valence-electron chi connectivity index (χ3n) is 3.25. The van der Waals surface area contributed by atoms with Gasteiger partial charge in [0, 0.05) is 16.6 Å². The number of ether oxygens (including phenoxy) is 1. The highest BCUT2D eigenvalue weighted by Gasteiger charge is 2.26. The van der Waals surface area contributed by atoms with E-state index < -0.39 is 0 Å². The summed E-state index contributed by atoms with van der Waals surface area (Å²) >= 11 is 3.29. The van der Waals surface area contributed by atoms with Gasteiger partial charge in [-0.25, -0.2) is 0 Å². The second kappa shape index (κ2) is 7.53. The molecule has 1 fully saturated rings. The quantitative estimate of drug-likeness (QED) is 0.818. The van der Waals surface area contributed by atoms with E-state index in [1.807, 2.05) is 6.07 Å². The standard InChI is InChI=1S/C14H17BrN2O4/c15-11-3-1-2-10(6-11)14(20)16-7-13(19)17-4-5-21-9-12(17)8-18/h1-3,6,12,18H,4-5,7-9H2,(H,16,20). The van der Waals surface area contributed by atoms with Gasteiger partial charge in [-0.05, 0) is 18.2 Å². The number of benzene rings is 1. The van der Waals surface area contributed by atoms with E-state index in [0.717, 1.165) is 4.47 Å². The molecule has 1 saturated heterocycles. The molecular weight excluding hydrogens is 340 g/mol. The van der Waals surface area contributed by atoms with Crippen LogP contribution in [-0.4, -0.2) is 60.8 Å². The zero-order valence-electron chi connectivity index (χ0n) is 11.4. The lowest BCUT2D eigenvalue weighted by Crippen LogP contribution is -2.53. The Kier molecular flexibility index (Phi) is 5.72. The Morgan fingerprint density at radius 3 is 3.00 bits per heavy atom. The average Bonchev–Trinajstić information content (AvgIpc) is 2.52. The maximum atomic E-state index is 12.1. The van der Waals surface area contributed by atoms with E-state index in [0.29, 0.717) is 25.3 Å². The molecule has 0 spiro atoms. The van der Waals surface area contributed by atoms with E-state index in [9.17, 15) is 14.7 Å². The molecule has 7 heteroatoms. The molecule has 1 aliphatic rings. The molecule has 21 heavy (non-hydrogen) atoms. The van der Waals surface area contributed by atoms with Gasteiger partial charge in [-0.3, -0.25) is 9.59 Å². The summed E-state index contributed by atoms with van der Waals surface area (Å²) in [7, 11) is 0. The molecule has 1 aromatic carbocycles. The summed E-state index contributed by atoms with van der Waals surface area (Å²) in [5.41, 5.74) is 0.484. The van der Waals surface area contributed by atoms with Crippen LogP contribution in [0.2, 0.25) is 0 Å². The predicted molar refractivity (Wildman–Crippen MR) is 79.9 cm³/mol. The summed E-state index contributed by atoms with van der Waals surface area (Å²) in [6.07, 6.45) is 0. The van der Waals surface area contributed by atoms with Gasteiger partial charge in [-0.1, -0.05) is 22.0 Å². The van der Waals surface area contributed by atoms with Crippen molar-refractivity contribution in [3.8, 4) is 0 Å². The lowest BCUT2D eigenvalue weighted by Gasteiger charge is -2.34. The number of nitrogens with zero attached hydrogens (tertiary/aromatic N) is 1. The minimum Gasteiger partial charge on any atom is -0.394 e. The van der Waals surface area contributed by atoms with E-state index >= 15 is 0 Å². The van der Waals surface area contributed by atoms with Gasteiger partial charge < -0.3 is 20.1 Å². The van der Waals surface area contributed by atoms with Crippen molar-refractivity contribution in [2.75, 3.05) is 32.9 Å². The zero-order chi connectivity index (χ0) is 15.2. The molecule has 1 heterocycles. The summed E-state index contributed by atoms with van der Waals surface area (Å²) in [6.45, 7) is 0.952. The molecule has 0 saturated carbocycles. The number of rotatable bonds is 4. The predicted octanol–water partition coefficient (Wildman–Crippen LogP) is 0.399. The first-order chi connectivity index (χ1) is 10.1. The average molecular weight is 357 g/mol. The van der Waals surface area contributed by atoms with Gasteiger partial charge in [-0.15, -0.1) is 0 Å². The molecule has 2 N–H and O–H groups in total. The van der Waals surface area contributed by atoms with Crippen LogP contribution in [-0.2, 0) is 9.53 Å². The van der Waals surface area contributed by atoms with E-state index in [1.54, 1.807) is 23.1 Å².